The number of aromatic nitrogens is 4. The summed E-state index contributed by atoms with van der Waals surface area (Å²) in [6.45, 7) is 1.98. The van der Waals surface area contributed by atoms with E-state index in [4.69, 9.17) is 27.9 Å². The average molecular weight is 287 g/mol. The molecule has 94 valence electrons. The molecule has 0 atom stereocenters. The van der Waals surface area contributed by atoms with Gasteiger partial charge in [0, 0.05) is 6.20 Å². The normalized spacial score (nSPS) is 10.4. The molecule has 0 spiro atoms. The summed E-state index contributed by atoms with van der Waals surface area (Å²) in [5.74, 6) is -0.460. The topological polar surface area (TPSA) is 80.8 Å². The first-order valence-electron chi connectivity index (χ1n) is 5.02. The molecule has 0 amide bonds. The first-order valence-corrected chi connectivity index (χ1v) is 5.78. The van der Waals surface area contributed by atoms with Gasteiger partial charge in [0.1, 0.15) is 11.4 Å². The molecule has 8 heteroatoms. The number of hydrogen-bond donors (Lipinski definition) is 1. The van der Waals surface area contributed by atoms with Gasteiger partial charge in [-0.05, 0) is 18.5 Å². The Bertz CT molecular complexity index is 585. The number of aromatic amines is 1. The first kappa shape index (κ1) is 12.8. The number of halogens is 2. The van der Waals surface area contributed by atoms with Gasteiger partial charge in [-0.25, -0.2) is 19.7 Å². The lowest BCUT2D eigenvalue weighted by Gasteiger charge is -1.99. The third-order valence-electron chi connectivity index (χ3n) is 2.00. The number of carbonyl (C=O) groups excluding carboxylic acids is 1. The van der Waals surface area contributed by atoms with Gasteiger partial charge in [0.15, 0.2) is 0 Å². The van der Waals surface area contributed by atoms with Crippen LogP contribution in [0.15, 0.2) is 12.4 Å². The standard InChI is InChI=1S/C10H8Cl2N4O2/c1-2-18-9(17)8-13-4-6(15-8)7-5(11)3-14-10(12)16-7/h3-4H,2H2,1H3,(H,13,15). The van der Waals surface area contributed by atoms with Crippen molar-refractivity contribution >= 4 is 29.2 Å². The van der Waals surface area contributed by atoms with E-state index in [0.29, 0.717) is 16.4 Å². The number of nitrogens with one attached hydrogen (secondary N) is 1. The van der Waals surface area contributed by atoms with E-state index < -0.39 is 5.97 Å². The lowest BCUT2D eigenvalue weighted by molar-refractivity contribution is 0.0513. The third-order valence-corrected chi connectivity index (χ3v) is 2.46. The predicted molar refractivity (Wildman–Crippen MR) is 65.6 cm³/mol. The lowest BCUT2D eigenvalue weighted by atomic mass is 10.3. The molecule has 2 heterocycles. The van der Waals surface area contributed by atoms with Crippen molar-refractivity contribution < 1.29 is 9.53 Å². The van der Waals surface area contributed by atoms with Crippen LogP contribution in [-0.4, -0.2) is 32.5 Å². The van der Waals surface area contributed by atoms with Crippen molar-refractivity contribution in [1.29, 1.82) is 0 Å². The molecule has 0 radical (unpaired) electrons. The predicted octanol–water partition coefficient (Wildman–Crippen LogP) is 2.35. The minimum absolute atomic E-state index is 0.0510. The summed E-state index contributed by atoms with van der Waals surface area (Å²) in [6, 6.07) is 0. The second kappa shape index (κ2) is 5.32. The number of hydrogen-bond acceptors (Lipinski definition) is 5. The highest BCUT2D eigenvalue weighted by Crippen LogP contribution is 2.24. The average Bonchev–Trinajstić information content (AvgIpc) is 2.82. The van der Waals surface area contributed by atoms with Gasteiger partial charge in [-0.3, -0.25) is 0 Å². The maximum Gasteiger partial charge on any atom is 0.374 e. The Balaban J connectivity index is 2.35. The Morgan fingerprint density at radius 1 is 1.44 bits per heavy atom. The maximum absolute atomic E-state index is 11.4. The van der Waals surface area contributed by atoms with E-state index in [1.807, 2.05) is 0 Å². The highest BCUT2D eigenvalue weighted by molar-refractivity contribution is 6.33. The summed E-state index contributed by atoms with van der Waals surface area (Å²) < 4.78 is 4.81. The van der Waals surface area contributed by atoms with Crippen molar-refractivity contribution in [2.75, 3.05) is 6.61 Å². The Kier molecular flexibility index (Phi) is 3.78. The summed E-state index contributed by atoms with van der Waals surface area (Å²) in [6.07, 6.45) is 2.86. The van der Waals surface area contributed by atoms with Crippen LogP contribution in [0.1, 0.15) is 17.5 Å². The second-order valence-corrected chi connectivity index (χ2v) is 3.94. The van der Waals surface area contributed by atoms with E-state index in [0.717, 1.165) is 0 Å². The summed E-state index contributed by atoms with van der Waals surface area (Å²) in [4.78, 5) is 25.8. The van der Waals surface area contributed by atoms with Gasteiger partial charge in [-0.15, -0.1) is 0 Å². The van der Waals surface area contributed by atoms with Gasteiger partial charge < -0.3 is 9.72 Å². The van der Waals surface area contributed by atoms with Gasteiger partial charge >= 0.3 is 5.97 Å². The van der Waals surface area contributed by atoms with E-state index in [-0.39, 0.29) is 17.7 Å². The van der Waals surface area contributed by atoms with Crippen LogP contribution in [0.25, 0.3) is 11.4 Å². The monoisotopic (exact) mass is 286 g/mol. The molecule has 0 bridgehead atoms. The SMILES string of the molecule is CCOC(=O)c1nc(-c2nc(Cl)ncc2Cl)c[nH]1. The van der Waals surface area contributed by atoms with Crippen LogP contribution in [0.5, 0.6) is 0 Å². The molecular formula is C10H8Cl2N4O2. The van der Waals surface area contributed by atoms with Crippen molar-refractivity contribution in [3.8, 4) is 11.4 Å². The highest BCUT2D eigenvalue weighted by atomic mass is 35.5. The number of rotatable bonds is 3. The van der Waals surface area contributed by atoms with Crippen molar-refractivity contribution in [3.05, 3.63) is 28.5 Å². The van der Waals surface area contributed by atoms with Crippen LogP contribution in [-0.2, 0) is 4.74 Å². The minimum atomic E-state index is -0.542. The molecule has 0 fully saturated rings. The fourth-order valence-corrected chi connectivity index (χ4v) is 1.59. The molecule has 0 aromatic carbocycles. The van der Waals surface area contributed by atoms with E-state index >= 15 is 0 Å². The number of ether oxygens (including phenoxy) is 1. The zero-order valence-electron chi connectivity index (χ0n) is 9.28. The van der Waals surface area contributed by atoms with E-state index in [9.17, 15) is 4.79 Å². The van der Waals surface area contributed by atoms with Crippen molar-refractivity contribution in [1.82, 2.24) is 19.9 Å². The molecule has 18 heavy (non-hydrogen) atoms. The third kappa shape index (κ3) is 2.60. The fraction of sp³-hybridized carbons (Fsp3) is 0.200. The zero-order chi connectivity index (χ0) is 13.1. The van der Waals surface area contributed by atoms with Crippen LogP contribution >= 0.6 is 23.2 Å². The molecule has 1 N–H and O–H groups in total. The Hall–Kier alpha value is -1.66. The van der Waals surface area contributed by atoms with E-state index in [2.05, 4.69) is 19.9 Å². The quantitative estimate of drug-likeness (QED) is 0.692. The molecule has 0 aliphatic rings. The van der Waals surface area contributed by atoms with Gasteiger partial charge in [0.05, 0.1) is 17.8 Å². The zero-order valence-corrected chi connectivity index (χ0v) is 10.8. The van der Waals surface area contributed by atoms with Gasteiger partial charge in [-0.2, -0.15) is 0 Å². The Labute approximate surface area is 112 Å². The van der Waals surface area contributed by atoms with Gasteiger partial charge in [0.25, 0.3) is 0 Å². The molecular weight excluding hydrogens is 279 g/mol. The van der Waals surface area contributed by atoms with Crippen LogP contribution in [0.2, 0.25) is 10.3 Å². The molecule has 0 aliphatic carbocycles. The molecule has 0 saturated carbocycles. The highest BCUT2D eigenvalue weighted by Gasteiger charge is 2.15. The van der Waals surface area contributed by atoms with E-state index in [1.54, 1.807) is 6.92 Å². The molecule has 2 rings (SSSR count). The first-order chi connectivity index (χ1) is 8.61. The lowest BCUT2D eigenvalue weighted by Crippen LogP contribution is -2.06. The van der Waals surface area contributed by atoms with Crippen LogP contribution in [0.3, 0.4) is 0 Å². The van der Waals surface area contributed by atoms with Gasteiger partial charge in [-0.1, -0.05) is 11.6 Å². The largest absolute Gasteiger partial charge is 0.460 e. The van der Waals surface area contributed by atoms with Crippen molar-refractivity contribution in [3.63, 3.8) is 0 Å². The molecule has 0 unspecified atom stereocenters. The van der Waals surface area contributed by atoms with Crippen LogP contribution < -0.4 is 0 Å². The van der Waals surface area contributed by atoms with E-state index in [1.165, 1.54) is 12.4 Å². The molecule has 2 aromatic heterocycles. The summed E-state index contributed by atoms with van der Waals surface area (Å²) in [7, 11) is 0. The number of H-pyrrole nitrogens is 1. The summed E-state index contributed by atoms with van der Waals surface area (Å²) in [5, 5.41) is 0.344. The number of esters is 1. The van der Waals surface area contributed by atoms with Crippen molar-refractivity contribution in [2.24, 2.45) is 0 Å². The summed E-state index contributed by atoms with van der Waals surface area (Å²) >= 11 is 11.6. The second-order valence-electron chi connectivity index (χ2n) is 3.19. The smallest absolute Gasteiger partial charge is 0.374 e. The number of carbonyl (C=O) groups is 1. The summed E-state index contributed by atoms with van der Waals surface area (Å²) in [5.41, 5.74) is 0.746. The van der Waals surface area contributed by atoms with Crippen LogP contribution in [0.4, 0.5) is 0 Å². The van der Waals surface area contributed by atoms with Gasteiger partial charge in [0.2, 0.25) is 11.1 Å². The molecule has 2 aromatic rings. The molecule has 0 aliphatic heterocycles. The molecule has 0 saturated heterocycles. The number of imidazole rings is 1. The van der Waals surface area contributed by atoms with Crippen LogP contribution in [0, 0.1) is 0 Å². The minimum Gasteiger partial charge on any atom is -0.460 e. The molecule has 6 nitrogen and oxygen atoms in total. The fourth-order valence-electron chi connectivity index (χ4n) is 1.27. The Morgan fingerprint density at radius 2 is 2.22 bits per heavy atom. The van der Waals surface area contributed by atoms with Crippen molar-refractivity contribution in [2.45, 2.75) is 6.92 Å². The number of nitrogens with zero attached hydrogens (tertiary/aromatic N) is 3. The Morgan fingerprint density at radius 3 is 2.94 bits per heavy atom. The maximum atomic E-state index is 11.4.